The highest BCUT2D eigenvalue weighted by Gasteiger charge is 2.42. The number of nitrogens with one attached hydrogen (secondary N) is 1. The van der Waals surface area contributed by atoms with Crippen LogP contribution < -0.4 is 5.32 Å². The first-order chi connectivity index (χ1) is 6.96. The van der Waals surface area contributed by atoms with Crippen LogP contribution in [-0.2, 0) is 9.53 Å². The van der Waals surface area contributed by atoms with Gasteiger partial charge in [-0.3, -0.25) is 4.79 Å². The molecule has 0 radical (unpaired) electrons. The SMILES string of the molecule is CC(C)(C)OC(=O)C1CC2CNCC1C2. The Morgan fingerprint density at radius 2 is 2.00 bits per heavy atom. The zero-order chi connectivity index (χ0) is 11.1. The average molecular weight is 211 g/mol. The third kappa shape index (κ3) is 2.51. The van der Waals surface area contributed by atoms with Gasteiger partial charge in [0.2, 0.25) is 0 Å². The van der Waals surface area contributed by atoms with E-state index in [4.69, 9.17) is 4.74 Å². The molecule has 1 heterocycles. The lowest BCUT2D eigenvalue weighted by atomic mass is 9.95. The second-order valence-corrected chi connectivity index (χ2v) is 5.90. The fourth-order valence-electron chi connectivity index (χ4n) is 2.77. The molecule has 3 atom stereocenters. The van der Waals surface area contributed by atoms with Gasteiger partial charge in [0, 0.05) is 0 Å². The van der Waals surface area contributed by atoms with Crippen LogP contribution in [0.4, 0.5) is 0 Å². The van der Waals surface area contributed by atoms with Crippen LogP contribution in [0.5, 0.6) is 0 Å². The van der Waals surface area contributed by atoms with E-state index < -0.39 is 0 Å². The van der Waals surface area contributed by atoms with E-state index in [0.29, 0.717) is 11.8 Å². The summed E-state index contributed by atoms with van der Waals surface area (Å²) in [5.41, 5.74) is -0.346. The van der Waals surface area contributed by atoms with E-state index in [0.717, 1.165) is 19.5 Å². The van der Waals surface area contributed by atoms with E-state index in [9.17, 15) is 4.79 Å². The Hall–Kier alpha value is -0.570. The second-order valence-electron chi connectivity index (χ2n) is 5.90. The summed E-state index contributed by atoms with van der Waals surface area (Å²) in [4.78, 5) is 12.0. The molecule has 3 heteroatoms. The Labute approximate surface area is 91.6 Å². The molecule has 2 aliphatic rings. The molecule has 3 unspecified atom stereocenters. The molecule has 0 aromatic heterocycles. The minimum absolute atomic E-state index is 0.0127. The third-order valence-electron chi connectivity index (χ3n) is 3.34. The van der Waals surface area contributed by atoms with Gasteiger partial charge in [-0.25, -0.2) is 0 Å². The molecule has 0 aromatic carbocycles. The molecular formula is C12H21NO2. The number of hydrogen-bond acceptors (Lipinski definition) is 3. The van der Waals surface area contributed by atoms with Crippen LogP contribution in [0.25, 0.3) is 0 Å². The zero-order valence-electron chi connectivity index (χ0n) is 9.88. The summed E-state index contributed by atoms with van der Waals surface area (Å²) in [6.07, 6.45) is 2.23. The van der Waals surface area contributed by atoms with Gasteiger partial charge in [-0.05, 0) is 58.5 Å². The fraction of sp³-hybridized carbons (Fsp3) is 0.917. The Balaban J connectivity index is 1.96. The smallest absolute Gasteiger partial charge is 0.309 e. The minimum atomic E-state index is -0.346. The van der Waals surface area contributed by atoms with E-state index in [-0.39, 0.29) is 17.5 Å². The van der Waals surface area contributed by atoms with E-state index in [1.807, 2.05) is 20.8 Å². The predicted molar refractivity (Wildman–Crippen MR) is 58.4 cm³/mol. The maximum absolute atomic E-state index is 12.0. The van der Waals surface area contributed by atoms with Crippen molar-refractivity contribution in [1.29, 1.82) is 0 Å². The van der Waals surface area contributed by atoms with Gasteiger partial charge in [-0.2, -0.15) is 0 Å². The van der Waals surface area contributed by atoms with Crippen LogP contribution in [0.3, 0.4) is 0 Å². The van der Waals surface area contributed by atoms with Gasteiger partial charge in [-0.15, -0.1) is 0 Å². The molecular weight excluding hydrogens is 190 g/mol. The first kappa shape index (κ1) is 10.9. The molecule has 1 saturated heterocycles. The van der Waals surface area contributed by atoms with Crippen LogP contribution in [0.2, 0.25) is 0 Å². The van der Waals surface area contributed by atoms with E-state index in [1.165, 1.54) is 6.42 Å². The van der Waals surface area contributed by atoms with Crippen molar-refractivity contribution in [1.82, 2.24) is 5.32 Å². The lowest BCUT2D eigenvalue weighted by Crippen LogP contribution is -2.35. The number of hydrogen-bond donors (Lipinski definition) is 1. The summed E-state index contributed by atoms with van der Waals surface area (Å²) in [5, 5.41) is 3.39. The highest BCUT2D eigenvalue weighted by Crippen LogP contribution is 2.39. The van der Waals surface area contributed by atoms with Crippen LogP contribution in [-0.4, -0.2) is 24.7 Å². The summed E-state index contributed by atoms with van der Waals surface area (Å²) in [6.45, 7) is 7.87. The quantitative estimate of drug-likeness (QED) is 0.669. The maximum atomic E-state index is 12.0. The van der Waals surface area contributed by atoms with Crippen molar-refractivity contribution >= 4 is 5.97 Å². The van der Waals surface area contributed by atoms with Gasteiger partial charge in [0.25, 0.3) is 0 Å². The highest BCUT2D eigenvalue weighted by atomic mass is 16.6. The molecule has 2 fully saturated rings. The standard InChI is InChI=1S/C12H21NO2/c1-12(2,3)15-11(14)10-5-8-4-9(10)7-13-6-8/h8-10,13H,4-7H2,1-3H3. The Morgan fingerprint density at radius 3 is 2.60 bits per heavy atom. The number of esters is 1. The molecule has 2 bridgehead atoms. The summed E-state index contributed by atoms with van der Waals surface area (Å²) >= 11 is 0. The third-order valence-corrected chi connectivity index (χ3v) is 3.34. The van der Waals surface area contributed by atoms with Crippen molar-refractivity contribution in [3.05, 3.63) is 0 Å². The lowest BCUT2D eigenvalue weighted by molar-refractivity contribution is -0.161. The Bertz CT molecular complexity index is 257. The predicted octanol–water partition coefficient (Wildman–Crippen LogP) is 1.57. The number of rotatable bonds is 1. The first-order valence-corrected chi connectivity index (χ1v) is 5.89. The topological polar surface area (TPSA) is 38.3 Å². The zero-order valence-corrected chi connectivity index (χ0v) is 9.88. The van der Waals surface area contributed by atoms with Crippen molar-refractivity contribution in [3.63, 3.8) is 0 Å². The number of piperidine rings is 1. The lowest BCUT2D eigenvalue weighted by Gasteiger charge is -2.25. The van der Waals surface area contributed by atoms with Gasteiger partial charge in [-0.1, -0.05) is 0 Å². The molecule has 3 nitrogen and oxygen atoms in total. The largest absolute Gasteiger partial charge is 0.460 e. The van der Waals surface area contributed by atoms with Crippen molar-refractivity contribution in [2.45, 2.75) is 39.2 Å². The highest BCUT2D eigenvalue weighted by molar-refractivity contribution is 5.73. The van der Waals surface area contributed by atoms with E-state index in [2.05, 4.69) is 5.32 Å². The summed E-state index contributed by atoms with van der Waals surface area (Å²) in [6, 6.07) is 0. The fourth-order valence-corrected chi connectivity index (χ4v) is 2.77. The second kappa shape index (κ2) is 3.78. The molecule has 2 rings (SSSR count). The molecule has 1 aliphatic carbocycles. The number of carbonyl (C=O) groups is 1. The molecule has 0 amide bonds. The minimum Gasteiger partial charge on any atom is -0.460 e. The molecule has 1 N–H and O–H groups in total. The molecule has 0 spiro atoms. The van der Waals surface area contributed by atoms with Crippen LogP contribution in [0.1, 0.15) is 33.6 Å². The summed E-state index contributed by atoms with van der Waals surface area (Å²) in [7, 11) is 0. The van der Waals surface area contributed by atoms with Crippen molar-refractivity contribution in [2.24, 2.45) is 17.8 Å². The monoisotopic (exact) mass is 211 g/mol. The molecule has 1 aliphatic heterocycles. The van der Waals surface area contributed by atoms with E-state index >= 15 is 0 Å². The van der Waals surface area contributed by atoms with Gasteiger partial charge < -0.3 is 10.1 Å². The number of carbonyl (C=O) groups excluding carboxylic acids is 1. The van der Waals surface area contributed by atoms with Gasteiger partial charge in [0.1, 0.15) is 5.60 Å². The van der Waals surface area contributed by atoms with Crippen molar-refractivity contribution < 1.29 is 9.53 Å². The Morgan fingerprint density at radius 1 is 1.27 bits per heavy atom. The van der Waals surface area contributed by atoms with Gasteiger partial charge >= 0.3 is 5.97 Å². The first-order valence-electron chi connectivity index (χ1n) is 5.89. The molecule has 0 aromatic rings. The summed E-state index contributed by atoms with van der Waals surface area (Å²) < 4.78 is 5.46. The molecule has 1 saturated carbocycles. The van der Waals surface area contributed by atoms with Crippen molar-refractivity contribution in [2.75, 3.05) is 13.1 Å². The van der Waals surface area contributed by atoms with Crippen LogP contribution in [0.15, 0.2) is 0 Å². The normalized spacial score (nSPS) is 35.3. The van der Waals surface area contributed by atoms with Gasteiger partial charge in [0.05, 0.1) is 5.92 Å². The van der Waals surface area contributed by atoms with Gasteiger partial charge in [0.15, 0.2) is 0 Å². The maximum Gasteiger partial charge on any atom is 0.309 e. The number of ether oxygens (including phenoxy) is 1. The van der Waals surface area contributed by atoms with E-state index in [1.54, 1.807) is 0 Å². The van der Waals surface area contributed by atoms with Crippen LogP contribution >= 0.6 is 0 Å². The molecule has 15 heavy (non-hydrogen) atoms. The molecule has 86 valence electrons. The summed E-state index contributed by atoms with van der Waals surface area (Å²) in [5.74, 6) is 1.36. The Kier molecular flexibility index (Phi) is 2.75. The average Bonchev–Trinajstić information content (AvgIpc) is 2.38. The van der Waals surface area contributed by atoms with Crippen LogP contribution in [0, 0.1) is 17.8 Å². The van der Waals surface area contributed by atoms with Crippen molar-refractivity contribution in [3.8, 4) is 0 Å². The number of fused-ring (bicyclic) bond motifs is 2.